The Labute approximate surface area is 104 Å². The van der Waals surface area contributed by atoms with Crippen LogP contribution in [0.4, 0.5) is 0 Å². The van der Waals surface area contributed by atoms with E-state index < -0.39 is 0 Å². The largest absolute Gasteiger partial charge is 0.490 e. The van der Waals surface area contributed by atoms with Crippen LogP contribution in [0.25, 0.3) is 0 Å². The first-order chi connectivity index (χ1) is 8.28. The van der Waals surface area contributed by atoms with E-state index >= 15 is 0 Å². The zero-order chi connectivity index (χ0) is 12.1. The van der Waals surface area contributed by atoms with Crippen molar-refractivity contribution in [3.05, 3.63) is 29.8 Å². The number of hydrogen-bond acceptors (Lipinski definition) is 3. The Bertz CT molecular complexity index is 329. The van der Waals surface area contributed by atoms with Crippen LogP contribution in [0.1, 0.15) is 18.4 Å². The Morgan fingerprint density at radius 2 is 1.88 bits per heavy atom. The number of hydrogen-bond donors (Lipinski definition) is 1. The molecule has 1 aromatic rings. The van der Waals surface area contributed by atoms with Gasteiger partial charge in [-0.1, -0.05) is 17.7 Å². The van der Waals surface area contributed by atoms with Crippen LogP contribution in [0, 0.1) is 6.92 Å². The lowest BCUT2D eigenvalue weighted by Crippen LogP contribution is -2.40. The van der Waals surface area contributed by atoms with Crippen molar-refractivity contribution in [1.29, 1.82) is 0 Å². The summed E-state index contributed by atoms with van der Waals surface area (Å²) in [6.45, 7) is 6.07. The molecule has 1 aliphatic rings. The molecule has 1 aliphatic heterocycles. The van der Waals surface area contributed by atoms with Gasteiger partial charge < -0.3 is 15.4 Å². The highest BCUT2D eigenvalue weighted by Gasteiger charge is 2.19. The van der Waals surface area contributed by atoms with Crippen molar-refractivity contribution in [2.75, 3.05) is 26.2 Å². The fourth-order valence-corrected chi connectivity index (χ4v) is 2.24. The minimum Gasteiger partial charge on any atom is -0.490 e. The van der Waals surface area contributed by atoms with Crippen molar-refractivity contribution in [2.24, 2.45) is 5.73 Å². The number of likely N-dealkylation sites (tertiary alicyclic amines) is 1. The first-order valence-corrected chi connectivity index (χ1v) is 6.43. The second kappa shape index (κ2) is 6.03. The number of rotatable bonds is 4. The summed E-state index contributed by atoms with van der Waals surface area (Å²) in [4.78, 5) is 2.41. The summed E-state index contributed by atoms with van der Waals surface area (Å²) in [7, 11) is 0. The Morgan fingerprint density at radius 3 is 2.47 bits per heavy atom. The van der Waals surface area contributed by atoms with E-state index in [2.05, 4.69) is 36.1 Å². The number of nitrogens with zero attached hydrogens (tertiary/aromatic N) is 1. The predicted octanol–water partition coefficient (Wildman–Crippen LogP) is 1.80. The average Bonchev–Trinajstić information content (AvgIpc) is 2.35. The zero-order valence-corrected chi connectivity index (χ0v) is 10.6. The van der Waals surface area contributed by atoms with Gasteiger partial charge in [0.25, 0.3) is 0 Å². The standard InChI is InChI=1S/C14H22N2O/c1-12-2-4-13(5-3-12)17-14-6-9-16(10-7-14)11-8-15/h2-5,14H,6-11,15H2,1H3. The molecule has 0 bridgehead atoms. The molecule has 94 valence electrons. The molecule has 3 nitrogen and oxygen atoms in total. The predicted molar refractivity (Wildman–Crippen MR) is 70.3 cm³/mol. The van der Waals surface area contributed by atoms with Crippen LogP contribution in [0.3, 0.4) is 0 Å². The van der Waals surface area contributed by atoms with E-state index in [9.17, 15) is 0 Å². The van der Waals surface area contributed by atoms with Gasteiger partial charge in [0.05, 0.1) is 0 Å². The van der Waals surface area contributed by atoms with Crippen LogP contribution in [-0.2, 0) is 0 Å². The summed E-state index contributed by atoms with van der Waals surface area (Å²) >= 11 is 0. The van der Waals surface area contributed by atoms with Crippen molar-refractivity contribution in [3.8, 4) is 5.75 Å². The SMILES string of the molecule is Cc1ccc(OC2CCN(CCN)CC2)cc1. The Hall–Kier alpha value is -1.06. The molecular formula is C14H22N2O. The number of nitrogens with two attached hydrogens (primary N) is 1. The third-order valence-corrected chi connectivity index (χ3v) is 3.30. The molecule has 17 heavy (non-hydrogen) atoms. The molecule has 0 aliphatic carbocycles. The van der Waals surface area contributed by atoms with Crippen molar-refractivity contribution in [2.45, 2.75) is 25.9 Å². The number of ether oxygens (including phenoxy) is 1. The Balaban J connectivity index is 1.79. The second-order valence-corrected chi connectivity index (χ2v) is 4.76. The Morgan fingerprint density at radius 1 is 1.24 bits per heavy atom. The molecule has 2 N–H and O–H groups in total. The highest BCUT2D eigenvalue weighted by atomic mass is 16.5. The van der Waals surface area contributed by atoms with Gasteiger partial charge in [0, 0.05) is 26.2 Å². The third kappa shape index (κ3) is 3.72. The molecule has 3 heteroatoms. The van der Waals surface area contributed by atoms with Crippen LogP contribution >= 0.6 is 0 Å². The first-order valence-electron chi connectivity index (χ1n) is 6.43. The zero-order valence-electron chi connectivity index (χ0n) is 10.6. The molecule has 0 saturated carbocycles. The fraction of sp³-hybridized carbons (Fsp3) is 0.571. The topological polar surface area (TPSA) is 38.5 Å². The van der Waals surface area contributed by atoms with Gasteiger partial charge in [0.1, 0.15) is 11.9 Å². The Kier molecular flexibility index (Phi) is 4.40. The van der Waals surface area contributed by atoms with Crippen LogP contribution in [0.5, 0.6) is 5.75 Å². The van der Waals surface area contributed by atoms with Crippen molar-refractivity contribution < 1.29 is 4.74 Å². The molecule has 0 aromatic heterocycles. The highest BCUT2D eigenvalue weighted by molar-refractivity contribution is 5.26. The molecule has 0 radical (unpaired) electrons. The van der Waals surface area contributed by atoms with E-state index in [1.807, 2.05) is 0 Å². The molecule has 2 rings (SSSR count). The van der Waals surface area contributed by atoms with Crippen LogP contribution < -0.4 is 10.5 Å². The van der Waals surface area contributed by atoms with E-state index in [-0.39, 0.29) is 0 Å². The van der Waals surface area contributed by atoms with Gasteiger partial charge in [-0.2, -0.15) is 0 Å². The average molecular weight is 234 g/mol. The van der Waals surface area contributed by atoms with E-state index in [0.29, 0.717) is 6.10 Å². The normalized spacial score (nSPS) is 18.2. The summed E-state index contributed by atoms with van der Waals surface area (Å²) in [5, 5.41) is 0. The monoisotopic (exact) mass is 234 g/mol. The first kappa shape index (κ1) is 12.4. The van der Waals surface area contributed by atoms with Gasteiger partial charge in [0.2, 0.25) is 0 Å². The van der Waals surface area contributed by atoms with E-state index in [1.54, 1.807) is 0 Å². The molecule has 1 fully saturated rings. The molecule has 1 heterocycles. The van der Waals surface area contributed by atoms with Crippen LogP contribution in [0.2, 0.25) is 0 Å². The minimum atomic E-state index is 0.367. The molecule has 0 unspecified atom stereocenters. The third-order valence-electron chi connectivity index (χ3n) is 3.30. The van der Waals surface area contributed by atoms with Crippen LogP contribution in [-0.4, -0.2) is 37.2 Å². The summed E-state index contributed by atoms with van der Waals surface area (Å²) in [6.07, 6.45) is 2.58. The van der Waals surface area contributed by atoms with Gasteiger partial charge >= 0.3 is 0 Å². The van der Waals surface area contributed by atoms with Gasteiger partial charge in [0.15, 0.2) is 0 Å². The van der Waals surface area contributed by atoms with Crippen molar-refractivity contribution in [3.63, 3.8) is 0 Å². The van der Waals surface area contributed by atoms with Gasteiger partial charge in [-0.25, -0.2) is 0 Å². The second-order valence-electron chi connectivity index (χ2n) is 4.76. The lowest BCUT2D eigenvalue weighted by Gasteiger charge is -2.31. The molecular weight excluding hydrogens is 212 g/mol. The summed E-state index contributed by atoms with van der Waals surface area (Å²) in [6, 6.07) is 8.31. The number of aryl methyl sites for hydroxylation is 1. The maximum absolute atomic E-state index is 5.98. The molecule has 1 saturated heterocycles. The highest BCUT2D eigenvalue weighted by Crippen LogP contribution is 2.19. The van der Waals surface area contributed by atoms with E-state index in [0.717, 1.165) is 44.8 Å². The molecule has 0 amide bonds. The van der Waals surface area contributed by atoms with Crippen molar-refractivity contribution >= 4 is 0 Å². The van der Waals surface area contributed by atoms with E-state index in [4.69, 9.17) is 10.5 Å². The van der Waals surface area contributed by atoms with Crippen molar-refractivity contribution in [1.82, 2.24) is 4.90 Å². The van der Waals surface area contributed by atoms with Crippen LogP contribution in [0.15, 0.2) is 24.3 Å². The van der Waals surface area contributed by atoms with Gasteiger partial charge in [-0.3, -0.25) is 0 Å². The maximum Gasteiger partial charge on any atom is 0.119 e. The smallest absolute Gasteiger partial charge is 0.119 e. The quantitative estimate of drug-likeness (QED) is 0.863. The van der Waals surface area contributed by atoms with Gasteiger partial charge in [-0.15, -0.1) is 0 Å². The summed E-state index contributed by atoms with van der Waals surface area (Å²) < 4.78 is 5.98. The molecule has 0 spiro atoms. The number of benzene rings is 1. The lowest BCUT2D eigenvalue weighted by molar-refractivity contribution is 0.102. The van der Waals surface area contributed by atoms with Gasteiger partial charge in [-0.05, 0) is 31.9 Å². The summed E-state index contributed by atoms with van der Waals surface area (Å²) in [5.74, 6) is 0.993. The minimum absolute atomic E-state index is 0.367. The lowest BCUT2D eigenvalue weighted by atomic mass is 10.1. The molecule has 0 atom stereocenters. The number of piperidine rings is 1. The maximum atomic E-state index is 5.98. The fourth-order valence-electron chi connectivity index (χ4n) is 2.24. The molecule has 1 aromatic carbocycles. The summed E-state index contributed by atoms with van der Waals surface area (Å²) in [5.41, 5.74) is 6.83. The van der Waals surface area contributed by atoms with E-state index in [1.165, 1.54) is 5.56 Å².